The SMILES string of the molecule is COCC(=O)Cc1cc(Oc2ccc(NC(=O)Nc3cc(C4(C)COC4)nn3-c3ccc(C)cc3)cc2)ccn1. The number of carbonyl (C=O) groups excluding carboxylic acids is 2. The van der Waals surface area contributed by atoms with Crippen LogP contribution in [0.2, 0.25) is 0 Å². The highest BCUT2D eigenvalue weighted by Gasteiger charge is 2.38. The van der Waals surface area contributed by atoms with Gasteiger partial charge in [0.25, 0.3) is 0 Å². The molecule has 1 aliphatic rings. The maximum Gasteiger partial charge on any atom is 0.324 e. The second-order valence-electron chi connectivity index (χ2n) is 10.1. The molecule has 0 spiro atoms. The topological polar surface area (TPSA) is 117 Å². The number of amides is 2. The Bertz CT molecular complexity index is 1490. The molecule has 0 unspecified atom stereocenters. The first-order chi connectivity index (χ1) is 19.3. The second kappa shape index (κ2) is 11.7. The number of hydrogen-bond acceptors (Lipinski definition) is 7. The van der Waals surface area contributed by atoms with Crippen LogP contribution in [-0.2, 0) is 26.1 Å². The van der Waals surface area contributed by atoms with E-state index in [0.29, 0.717) is 41.9 Å². The van der Waals surface area contributed by atoms with Crippen LogP contribution in [-0.4, -0.2) is 53.5 Å². The first kappa shape index (κ1) is 27.0. The van der Waals surface area contributed by atoms with Crippen LogP contribution < -0.4 is 15.4 Å². The minimum Gasteiger partial charge on any atom is -0.457 e. The van der Waals surface area contributed by atoms with Gasteiger partial charge >= 0.3 is 6.03 Å². The summed E-state index contributed by atoms with van der Waals surface area (Å²) in [4.78, 5) is 29.0. The van der Waals surface area contributed by atoms with E-state index in [1.807, 2.05) is 37.3 Å². The molecule has 4 aromatic rings. The number of carbonyl (C=O) groups is 2. The number of nitrogens with zero attached hydrogens (tertiary/aromatic N) is 3. The Balaban J connectivity index is 1.24. The molecule has 206 valence electrons. The Morgan fingerprint density at radius 2 is 1.75 bits per heavy atom. The van der Waals surface area contributed by atoms with Gasteiger partial charge in [0.15, 0.2) is 5.78 Å². The van der Waals surface area contributed by atoms with Crippen LogP contribution in [0.5, 0.6) is 11.5 Å². The van der Waals surface area contributed by atoms with Gasteiger partial charge in [-0.3, -0.25) is 15.1 Å². The molecule has 0 atom stereocenters. The van der Waals surface area contributed by atoms with E-state index in [-0.39, 0.29) is 24.2 Å². The Morgan fingerprint density at radius 3 is 2.42 bits per heavy atom. The molecule has 3 heterocycles. The van der Waals surface area contributed by atoms with E-state index >= 15 is 0 Å². The van der Waals surface area contributed by atoms with E-state index in [0.717, 1.165) is 16.9 Å². The Kier molecular flexibility index (Phi) is 7.90. The summed E-state index contributed by atoms with van der Waals surface area (Å²) < 4.78 is 17.9. The highest BCUT2D eigenvalue weighted by atomic mass is 16.5. The van der Waals surface area contributed by atoms with Crippen molar-refractivity contribution in [1.29, 1.82) is 0 Å². The van der Waals surface area contributed by atoms with Crippen molar-refractivity contribution in [2.24, 2.45) is 0 Å². The zero-order valence-corrected chi connectivity index (χ0v) is 22.6. The molecule has 10 heteroatoms. The normalized spacial score (nSPS) is 13.8. The Hall–Kier alpha value is -4.54. The third-order valence-corrected chi connectivity index (χ3v) is 6.51. The molecular weight excluding hydrogens is 510 g/mol. The van der Waals surface area contributed by atoms with Crippen LogP contribution in [0.4, 0.5) is 16.3 Å². The minimum absolute atomic E-state index is 0.0403. The van der Waals surface area contributed by atoms with E-state index in [1.165, 1.54) is 7.11 Å². The molecule has 5 rings (SSSR count). The molecule has 0 saturated carbocycles. The summed E-state index contributed by atoms with van der Waals surface area (Å²) in [7, 11) is 1.48. The second-order valence-corrected chi connectivity index (χ2v) is 10.1. The number of methoxy groups -OCH3 is 1. The fraction of sp³-hybridized carbons (Fsp3) is 0.267. The van der Waals surface area contributed by atoms with Gasteiger partial charge in [0.1, 0.15) is 23.9 Å². The number of rotatable bonds is 10. The van der Waals surface area contributed by atoms with Crippen molar-refractivity contribution in [3.05, 3.63) is 89.9 Å². The standard InChI is InChI=1S/C30H31N5O5/c1-20-4-8-23(9-5-20)35-28(16-27(34-35)30(2)18-39-19-30)33-29(37)32-21-6-10-25(11-7-21)40-26-12-13-31-22(15-26)14-24(36)17-38-3/h4-13,15-16H,14,17-19H2,1-3H3,(H2,32,33,37). The number of ketones is 1. The van der Waals surface area contributed by atoms with Gasteiger partial charge in [-0.2, -0.15) is 5.10 Å². The number of anilines is 2. The largest absolute Gasteiger partial charge is 0.457 e. The van der Waals surface area contributed by atoms with Gasteiger partial charge in [0, 0.05) is 31.1 Å². The fourth-order valence-corrected chi connectivity index (χ4v) is 4.26. The molecule has 2 aromatic heterocycles. The number of benzene rings is 2. The van der Waals surface area contributed by atoms with E-state index < -0.39 is 6.03 Å². The lowest BCUT2D eigenvalue weighted by atomic mass is 9.85. The summed E-state index contributed by atoms with van der Waals surface area (Å²) in [5.74, 6) is 1.62. The number of urea groups is 1. The number of ether oxygens (including phenoxy) is 3. The van der Waals surface area contributed by atoms with Gasteiger partial charge in [0.2, 0.25) is 0 Å². The summed E-state index contributed by atoms with van der Waals surface area (Å²) in [6, 6.07) is 19.9. The van der Waals surface area contributed by atoms with E-state index in [9.17, 15) is 9.59 Å². The molecule has 2 N–H and O–H groups in total. The number of Topliss-reactive ketones (excluding diaryl/α,β-unsaturated/α-hetero) is 1. The quantitative estimate of drug-likeness (QED) is 0.288. The number of pyridine rings is 1. The Labute approximate surface area is 232 Å². The Morgan fingerprint density at radius 1 is 1.00 bits per heavy atom. The average molecular weight is 542 g/mol. The predicted molar refractivity (Wildman–Crippen MR) is 150 cm³/mol. The van der Waals surface area contributed by atoms with Crippen molar-refractivity contribution >= 4 is 23.3 Å². The van der Waals surface area contributed by atoms with E-state index in [4.69, 9.17) is 19.3 Å². The van der Waals surface area contributed by atoms with Crippen LogP contribution in [0.15, 0.2) is 72.9 Å². The van der Waals surface area contributed by atoms with Gasteiger partial charge in [-0.1, -0.05) is 17.7 Å². The molecule has 0 aliphatic carbocycles. The van der Waals surface area contributed by atoms with E-state index in [1.54, 1.807) is 47.3 Å². The average Bonchev–Trinajstić information content (AvgIpc) is 3.33. The predicted octanol–water partition coefficient (Wildman–Crippen LogP) is 5.06. The van der Waals surface area contributed by atoms with Crippen LogP contribution in [0.1, 0.15) is 23.9 Å². The van der Waals surface area contributed by atoms with Gasteiger partial charge < -0.3 is 19.5 Å². The van der Waals surface area contributed by atoms with Crippen molar-refractivity contribution in [3.63, 3.8) is 0 Å². The zero-order chi connectivity index (χ0) is 28.1. The van der Waals surface area contributed by atoms with Gasteiger partial charge in [0.05, 0.1) is 42.1 Å². The highest BCUT2D eigenvalue weighted by molar-refractivity contribution is 5.99. The number of aryl methyl sites for hydroxylation is 1. The summed E-state index contributed by atoms with van der Waals surface area (Å²) in [5.41, 5.74) is 3.84. The van der Waals surface area contributed by atoms with Gasteiger partial charge in [-0.25, -0.2) is 9.48 Å². The molecule has 2 aromatic carbocycles. The van der Waals surface area contributed by atoms with Crippen molar-refractivity contribution in [3.8, 4) is 17.2 Å². The minimum atomic E-state index is -0.400. The highest BCUT2D eigenvalue weighted by Crippen LogP contribution is 2.33. The molecular formula is C30H31N5O5. The number of aromatic nitrogens is 3. The first-order valence-corrected chi connectivity index (χ1v) is 12.9. The molecule has 10 nitrogen and oxygen atoms in total. The first-order valence-electron chi connectivity index (χ1n) is 12.9. The van der Waals surface area contributed by atoms with Crippen LogP contribution in [0, 0.1) is 6.92 Å². The summed E-state index contributed by atoms with van der Waals surface area (Å²) >= 11 is 0. The lowest BCUT2D eigenvalue weighted by Gasteiger charge is -2.36. The smallest absolute Gasteiger partial charge is 0.324 e. The fourth-order valence-electron chi connectivity index (χ4n) is 4.26. The van der Waals surface area contributed by atoms with E-state index in [2.05, 4.69) is 22.5 Å². The maximum absolute atomic E-state index is 12.9. The third-order valence-electron chi connectivity index (χ3n) is 6.51. The zero-order valence-electron chi connectivity index (χ0n) is 22.6. The summed E-state index contributed by atoms with van der Waals surface area (Å²) in [6.07, 6.45) is 1.76. The van der Waals surface area contributed by atoms with Crippen LogP contribution >= 0.6 is 0 Å². The van der Waals surface area contributed by atoms with Crippen LogP contribution in [0.25, 0.3) is 5.69 Å². The third kappa shape index (κ3) is 6.36. The van der Waals surface area contributed by atoms with Crippen LogP contribution in [0.3, 0.4) is 0 Å². The molecule has 0 bridgehead atoms. The van der Waals surface area contributed by atoms with Crippen molar-refractivity contribution in [2.45, 2.75) is 25.7 Å². The molecule has 40 heavy (non-hydrogen) atoms. The maximum atomic E-state index is 12.9. The molecule has 1 aliphatic heterocycles. The molecule has 1 fully saturated rings. The lowest BCUT2D eigenvalue weighted by Crippen LogP contribution is -2.44. The van der Waals surface area contributed by atoms with Crippen molar-refractivity contribution in [1.82, 2.24) is 14.8 Å². The molecule has 1 saturated heterocycles. The van der Waals surface area contributed by atoms with Gasteiger partial charge in [-0.05, 0) is 56.3 Å². The monoisotopic (exact) mass is 541 g/mol. The van der Waals surface area contributed by atoms with Crippen molar-refractivity contribution < 1.29 is 23.8 Å². The summed E-state index contributed by atoms with van der Waals surface area (Å²) in [6.45, 7) is 5.34. The number of nitrogens with one attached hydrogen (secondary N) is 2. The molecule has 0 radical (unpaired) electrons. The van der Waals surface area contributed by atoms with Gasteiger partial charge in [-0.15, -0.1) is 0 Å². The molecule has 2 amide bonds. The number of hydrogen-bond donors (Lipinski definition) is 2. The summed E-state index contributed by atoms with van der Waals surface area (Å²) in [5, 5.41) is 10.6. The van der Waals surface area contributed by atoms with Crippen molar-refractivity contribution in [2.75, 3.05) is 37.6 Å². The lowest BCUT2D eigenvalue weighted by molar-refractivity contribution is -0.122.